The third kappa shape index (κ3) is 2.46. The van der Waals surface area contributed by atoms with Gasteiger partial charge >= 0.3 is 0 Å². The summed E-state index contributed by atoms with van der Waals surface area (Å²) in [6.45, 7) is 0.865. The molecule has 4 aromatic rings. The average Bonchev–Trinajstić information content (AvgIpc) is 3.44. The number of nitrogens with zero attached hydrogens (tertiary/aromatic N) is 8. The van der Waals surface area contributed by atoms with E-state index in [9.17, 15) is 8.78 Å². The summed E-state index contributed by atoms with van der Waals surface area (Å²) in [5.74, 6) is 1.03. The van der Waals surface area contributed by atoms with E-state index in [4.69, 9.17) is 4.98 Å². The maximum absolute atomic E-state index is 14.4. The Morgan fingerprint density at radius 2 is 2.00 bits per heavy atom. The van der Waals surface area contributed by atoms with Gasteiger partial charge in [0.2, 0.25) is 5.95 Å². The van der Waals surface area contributed by atoms with E-state index in [-0.39, 0.29) is 11.6 Å². The van der Waals surface area contributed by atoms with Gasteiger partial charge in [-0.25, -0.2) is 18.7 Å². The molecule has 2 aliphatic rings. The predicted molar refractivity (Wildman–Crippen MR) is 103 cm³/mol. The molecule has 1 aromatic carbocycles. The molecule has 10 heteroatoms. The van der Waals surface area contributed by atoms with Crippen LogP contribution in [0.15, 0.2) is 43.1 Å². The Bertz CT molecular complexity index is 1260. The fourth-order valence-electron chi connectivity index (χ4n) is 4.30. The van der Waals surface area contributed by atoms with E-state index in [0.29, 0.717) is 11.8 Å². The molecule has 0 bridgehead atoms. The van der Waals surface area contributed by atoms with Crippen LogP contribution in [0.4, 0.5) is 14.6 Å². The van der Waals surface area contributed by atoms with Crippen LogP contribution < -0.4 is 4.90 Å². The lowest BCUT2D eigenvalue weighted by Gasteiger charge is -2.40. The molecule has 3 aromatic heterocycles. The van der Waals surface area contributed by atoms with Crippen molar-refractivity contribution in [3.63, 3.8) is 0 Å². The first-order valence-corrected chi connectivity index (χ1v) is 9.74. The van der Waals surface area contributed by atoms with Crippen LogP contribution in [0.25, 0.3) is 23.0 Å². The lowest BCUT2D eigenvalue weighted by atomic mass is 9.99. The number of anilines is 1. The van der Waals surface area contributed by atoms with Crippen molar-refractivity contribution < 1.29 is 8.78 Å². The highest BCUT2D eigenvalue weighted by Gasteiger charge is 2.36. The number of rotatable bonds is 2. The van der Waals surface area contributed by atoms with E-state index in [1.165, 1.54) is 12.1 Å². The molecule has 0 radical (unpaired) electrons. The van der Waals surface area contributed by atoms with Gasteiger partial charge in [0.05, 0.1) is 17.8 Å². The molecule has 1 fully saturated rings. The summed E-state index contributed by atoms with van der Waals surface area (Å²) in [6.07, 6.45) is 9.79. The Kier molecular flexibility index (Phi) is 3.67. The summed E-state index contributed by atoms with van der Waals surface area (Å²) >= 11 is 0. The summed E-state index contributed by atoms with van der Waals surface area (Å²) in [4.78, 5) is 15.8. The van der Waals surface area contributed by atoms with Crippen molar-refractivity contribution in [2.75, 3.05) is 11.4 Å². The van der Waals surface area contributed by atoms with Crippen LogP contribution in [-0.2, 0) is 0 Å². The van der Waals surface area contributed by atoms with Crippen LogP contribution in [0.1, 0.15) is 31.1 Å². The molecule has 0 N–H and O–H groups in total. The summed E-state index contributed by atoms with van der Waals surface area (Å²) in [7, 11) is 0. The highest BCUT2D eigenvalue weighted by molar-refractivity contribution is 5.63. The number of aromatic nitrogens is 7. The predicted octanol–water partition coefficient (Wildman–Crippen LogP) is 3.23. The van der Waals surface area contributed by atoms with Crippen LogP contribution in [0.5, 0.6) is 0 Å². The first-order chi connectivity index (χ1) is 14.7. The monoisotopic (exact) mass is 406 g/mol. The van der Waals surface area contributed by atoms with Gasteiger partial charge in [-0.15, -0.1) is 10.2 Å². The second-order valence-corrected chi connectivity index (χ2v) is 7.39. The summed E-state index contributed by atoms with van der Waals surface area (Å²) < 4.78 is 31.3. The topological polar surface area (TPSA) is 77.6 Å². The van der Waals surface area contributed by atoms with Crippen molar-refractivity contribution in [1.82, 2.24) is 34.3 Å². The van der Waals surface area contributed by atoms with Crippen LogP contribution in [-0.4, -0.2) is 40.8 Å². The fourth-order valence-corrected chi connectivity index (χ4v) is 4.30. The number of hydrogen-bond donors (Lipinski definition) is 0. The maximum atomic E-state index is 14.4. The first kappa shape index (κ1) is 17.2. The lowest BCUT2D eigenvalue weighted by molar-refractivity contribution is 0.437. The van der Waals surface area contributed by atoms with E-state index < -0.39 is 11.6 Å². The molecule has 1 atom stereocenters. The number of piperidine rings is 1. The smallest absolute Gasteiger partial charge is 0.237 e. The first-order valence-electron chi connectivity index (χ1n) is 9.74. The Morgan fingerprint density at radius 3 is 2.90 bits per heavy atom. The SMILES string of the molecule is Fc1ccc(-c2nccn2-c2ncc3c(n2)N2CCCCC2c2nncn2-3)c(F)c1. The zero-order valence-corrected chi connectivity index (χ0v) is 15.8. The Hall–Kier alpha value is -3.69. The molecule has 8 nitrogen and oxygen atoms in total. The van der Waals surface area contributed by atoms with Crippen molar-refractivity contribution >= 4 is 5.82 Å². The molecule has 30 heavy (non-hydrogen) atoms. The van der Waals surface area contributed by atoms with Gasteiger partial charge in [0.1, 0.15) is 29.5 Å². The number of benzene rings is 1. The third-order valence-electron chi connectivity index (χ3n) is 5.67. The largest absolute Gasteiger partial charge is 0.344 e. The molecule has 0 amide bonds. The van der Waals surface area contributed by atoms with E-state index in [1.807, 2.05) is 4.57 Å². The Balaban J connectivity index is 1.50. The highest BCUT2D eigenvalue weighted by atomic mass is 19.1. The van der Waals surface area contributed by atoms with E-state index in [2.05, 4.69) is 25.1 Å². The molecule has 2 aliphatic heterocycles. The number of halogens is 2. The standard InChI is InChI=1S/C20H16F2N8/c21-12-4-5-13(14(22)9-12)17-23-6-8-29(17)20-24-10-16-18(26-20)28-7-2-1-3-15(28)19-27-25-11-30(16)19/h4-6,8-11,15H,1-3,7H2. The second kappa shape index (κ2) is 6.41. The Labute approximate surface area is 169 Å². The van der Waals surface area contributed by atoms with Gasteiger partial charge < -0.3 is 4.90 Å². The molecule has 5 heterocycles. The molecule has 1 saturated heterocycles. The molecule has 1 unspecified atom stereocenters. The molecule has 0 saturated carbocycles. The average molecular weight is 406 g/mol. The van der Waals surface area contributed by atoms with Gasteiger partial charge in [-0.2, -0.15) is 4.98 Å². The lowest BCUT2D eigenvalue weighted by Crippen LogP contribution is -2.39. The summed E-state index contributed by atoms with van der Waals surface area (Å²) in [5.41, 5.74) is 0.992. The summed E-state index contributed by atoms with van der Waals surface area (Å²) in [5, 5.41) is 8.39. The van der Waals surface area contributed by atoms with Gasteiger partial charge in [0, 0.05) is 25.0 Å². The van der Waals surface area contributed by atoms with Crippen molar-refractivity contribution in [1.29, 1.82) is 0 Å². The van der Waals surface area contributed by atoms with Gasteiger partial charge in [0.25, 0.3) is 0 Å². The minimum Gasteiger partial charge on any atom is -0.344 e. The quantitative estimate of drug-likeness (QED) is 0.509. The van der Waals surface area contributed by atoms with Gasteiger partial charge in [-0.05, 0) is 31.4 Å². The molecular weight excluding hydrogens is 390 g/mol. The van der Waals surface area contributed by atoms with E-state index >= 15 is 0 Å². The highest BCUT2D eigenvalue weighted by Crippen LogP contribution is 2.41. The van der Waals surface area contributed by atoms with Crippen LogP contribution in [0.2, 0.25) is 0 Å². The molecule has 6 rings (SSSR count). The fraction of sp³-hybridized carbons (Fsp3) is 0.250. The molecule has 150 valence electrons. The van der Waals surface area contributed by atoms with Crippen LogP contribution >= 0.6 is 0 Å². The van der Waals surface area contributed by atoms with Gasteiger partial charge in [-0.3, -0.25) is 9.13 Å². The minimum absolute atomic E-state index is 0.119. The number of hydrogen-bond acceptors (Lipinski definition) is 6. The van der Waals surface area contributed by atoms with Crippen molar-refractivity contribution in [3.05, 3.63) is 60.6 Å². The van der Waals surface area contributed by atoms with E-state index in [0.717, 1.165) is 49.2 Å². The minimum atomic E-state index is -0.689. The maximum Gasteiger partial charge on any atom is 0.237 e. The van der Waals surface area contributed by atoms with Crippen LogP contribution in [0.3, 0.4) is 0 Å². The number of imidazole rings is 1. The molecule has 0 aliphatic carbocycles. The number of fused-ring (bicyclic) bond motifs is 6. The summed E-state index contributed by atoms with van der Waals surface area (Å²) in [6, 6.07) is 3.53. The third-order valence-corrected chi connectivity index (χ3v) is 5.67. The van der Waals surface area contributed by atoms with Gasteiger partial charge in [-0.1, -0.05) is 0 Å². The van der Waals surface area contributed by atoms with Crippen molar-refractivity contribution in [2.45, 2.75) is 25.3 Å². The van der Waals surface area contributed by atoms with Crippen molar-refractivity contribution in [3.8, 4) is 23.0 Å². The van der Waals surface area contributed by atoms with Crippen molar-refractivity contribution in [2.24, 2.45) is 0 Å². The van der Waals surface area contributed by atoms with Gasteiger partial charge in [0.15, 0.2) is 11.6 Å². The van der Waals surface area contributed by atoms with E-state index in [1.54, 1.807) is 29.5 Å². The normalized spacial score (nSPS) is 17.4. The second-order valence-electron chi connectivity index (χ2n) is 7.39. The Morgan fingerprint density at radius 1 is 1.07 bits per heavy atom. The zero-order valence-electron chi connectivity index (χ0n) is 15.8. The molecule has 0 spiro atoms. The zero-order chi connectivity index (χ0) is 20.2. The molecular formula is C20H16F2N8. The van der Waals surface area contributed by atoms with Crippen LogP contribution in [0, 0.1) is 11.6 Å².